The van der Waals surface area contributed by atoms with Crippen LogP contribution in [0.4, 0.5) is 0 Å². The summed E-state index contributed by atoms with van der Waals surface area (Å²) in [4.78, 5) is 38.3. The largest absolute Gasteiger partial charge is 0.462 e. The van der Waals surface area contributed by atoms with Crippen LogP contribution >= 0.6 is 0 Å². The van der Waals surface area contributed by atoms with E-state index in [2.05, 4.69) is 57.2 Å². The van der Waals surface area contributed by atoms with E-state index < -0.39 is 6.10 Å². The quantitative estimate of drug-likeness (QED) is 0.0261. The molecule has 0 radical (unpaired) electrons. The molecule has 446 valence electrons. The first kappa shape index (κ1) is 73.6. The van der Waals surface area contributed by atoms with Gasteiger partial charge in [0.15, 0.2) is 6.10 Å². The molecule has 1 unspecified atom stereocenters. The second-order valence-corrected chi connectivity index (χ2v) is 23.1. The van der Waals surface area contributed by atoms with Crippen molar-refractivity contribution in [3.63, 3.8) is 0 Å². The Balaban J connectivity index is 4.22. The highest BCUT2D eigenvalue weighted by molar-refractivity contribution is 5.71. The van der Waals surface area contributed by atoms with Crippen molar-refractivity contribution < 1.29 is 28.6 Å². The molecule has 0 rings (SSSR count). The molecule has 1 atom stereocenters. The van der Waals surface area contributed by atoms with Gasteiger partial charge in [-0.3, -0.25) is 14.4 Å². The molecule has 0 spiro atoms. The minimum absolute atomic E-state index is 0.0704. The van der Waals surface area contributed by atoms with E-state index in [4.69, 9.17) is 14.2 Å². The number of hydrogen-bond donors (Lipinski definition) is 0. The molecule has 0 aliphatic carbocycles. The normalized spacial score (nSPS) is 12.2. The second kappa shape index (κ2) is 65.2. The van der Waals surface area contributed by atoms with Crippen molar-refractivity contribution in [3.05, 3.63) is 36.5 Å². The summed E-state index contributed by atoms with van der Waals surface area (Å²) in [6.45, 7) is 6.67. The Morgan fingerprint density at radius 2 is 0.474 bits per heavy atom. The smallest absolute Gasteiger partial charge is 0.306 e. The molecule has 0 aromatic heterocycles. The van der Waals surface area contributed by atoms with Crippen LogP contribution in [0.15, 0.2) is 36.5 Å². The molecule has 6 heteroatoms. The van der Waals surface area contributed by atoms with E-state index in [9.17, 15) is 14.4 Å². The van der Waals surface area contributed by atoms with Crippen LogP contribution < -0.4 is 0 Å². The van der Waals surface area contributed by atoms with Crippen LogP contribution in [0.1, 0.15) is 374 Å². The average molecular weight is 1070 g/mol. The first-order valence-corrected chi connectivity index (χ1v) is 34.0. The van der Waals surface area contributed by atoms with Crippen LogP contribution in [0.25, 0.3) is 0 Å². The van der Waals surface area contributed by atoms with Gasteiger partial charge in [-0.05, 0) is 77.0 Å². The Hall–Kier alpha value is -2.37. The molecule has 0 heterocycles. The van der Waals surface area contributed by atoms with Crippen LogP contribution in [0, 0.1) is 0 Å². The highest BCUT2D eigenvalue weighted by Crippen LogP contribution is 2.18. The van der Waals surface area contributed by atoms with Crippen LogP contribution in [-0.2, 0) is 28.6 Å². The minimum Gasteiger partial charge on any atom is -0.462 e. The number of allylic oxidation sites excluding steroid dienone is 6. The third-order valence-electron chi connectivity index (χ3n) is 15.4. The molecule has 76 heavy (non-hydrogen) atoms. The molecule has 0 aliphatic heterocycles. The molecule has 0 aromatic carbocycles. The van der Waals surface area contributed by atoms with E-state index in [1.807, 2.05) is 0 Å². The Bertz CT molecular complexity index is 1270. The summed E-state index contributed by atoms with van der Waals surface area (Å²) in [6, 6.07) is 0. The number of hydrogen-bond acceptors (Lipinski definition) is 6. The molecule has 0 aliphatic rings. The number of carbonyl (C=O) groups excluding carboxylic acids is 3. The van der Waals surface area contributed by atoms with Crippen molar-refractivity contribution in [2.24, 2.45) is 0 Å². The van der Waals surface area contributed by atoms with Gasteiger partial charge in [0, 0.05) is 19.3 Å². The highest BCUT2D eigenvalue weighted by Gasteiger charge is 2.19. The van der Waals surface area contributed by atoms with Gasteiger partial charge >= 0.3 is 17.9 Å². The molecular formula is C70H130O6. The lowest BCUT2D eigenvalue weighted by Crippen LogP contribution is -2.30. The van der Waals surface area contributed by atoms with E-state index in [1.165, 1.54) is 263 Å². The van der Waals surface area contributed by atoms with E-state index in [0.717, 1.165) is 70.6 Å². The topological polar surface area (TPSA) is 78.9 Å². The Labute approximate surface area is 474 Å². The van der Waals surface area contributed by atoms with Gasteiger partial charge in [0.2, 0.25) is 0 Å². The third-order valence-corrected chi connectivity index (χ3v) is 15.4. The zero-order valence-electron chi connectivity index (χ0n) is 51.3. The zero-order chi connectivity index (χ0) is 55.0. The lowest BCUT2D eigenvalue weighted by molar-refractivity contribution is -0.167. The van der Waals surface area contributed by atoms with Crippen LogP contribution in [-0.4, -0.2) is 37.2 Å². The van der Waals surface area contributed by atoms with Gasteiger partial charge in [0.1, 0.15) is 13.2 Å². The minimum atomic E-state index is -0.773. The first-order chi connectivity index (χ1) is 37.5. The van der Waals surface area contributed by atoms with Gasteiger partial charge < -0.3 is 14.2 Å². The Morgan fingerprint density at radius 3 is 0.763 bits per heavy atom. The lowest BCUT2D eigenvalue weighted by atomic mass is 10.0. The van der Waals surface area contributed by atoms with E-state index >= 15 is 0 Å². The second-order valence-electron chi connectivity index (χ2n) is 23.1. The molecular weight excluding hydrogens is 937 g/mol. The number of carbonyl (C=O) groups is 3. The fourth-order valence-corrected chi connectivity index (χ4v) is 10.2. The van der Waals surface area contributed by atoms with Crippen LogP contribution in [0.5, 0.6) is 0 Å². The SMILES string of the molecule is CCCCC/C=C\CCCCCCCC(=O)OCC(COC(=O)CCCCCCCCCCCCCCC/C=C\C/C=C\CCCCCCC)OC(=O)CCCCCCCCCCCCCCCCCCCCCCC. The maximum Gasteiger partial charge on any atom is 0.306 e. The standard InChI is InChI=1S/C70H130O6/c1-4-7-10-13-16-19-22-25-27-29-31-33-34-35-36-38-39-41-43-45-48-51-54-57-60-63-69(72)75-66-67(65-74-68(71)62-59-56-53-50-47-24-21-18-15-12-9-6-3)76-70(73)64-61-58-55-52-49-46-44-42-40-37-32-30-28-26-23-20-17-14-11-8-5-2/h18,21-22,25,29,31,67H,4-17,19-20,23-24,26-28,30,32-66H2,1-3H3/b21-18-,25-22-,31-29-. The van der Waals surface area contributed by atoms with Crippen molar-refractivity contribution in [3.8, 4) is 0 Å². The van der Waals surface area contributed by atoms with Crippen LogP contribution in [0.3, 0.4) is 0 Å². The fraction of sp³-hybridized carbons (Fsp3) is 0.871. The van der Waals surface area contributed by atoms with Gasteiger partial charge in [-0.2, -0.15) is 0 Å². The first-order valence-electron chi connectivity index (χ1n) is 34.0. The van der Waals surface area contributed by atoms with Gasteiger partial charge in [0.25, 0.3) is 0 Å². The predicted octanol–water partition coefficient (Wildman–Crippen LogP) is 23.2. The summed E-state index contributed by atoms with van der Waals surface area (Å²) in [5.41, 5.74) is 0. The summed E-state index contributed by atoms with van der Waals surface area (Å²) in [6.07, 6.45) is 80.2. The van der Waals surface area contributed by atoms with Crippen molar-refractivity contribution in [1.82, 2.24) is 0 Å². The van der Waals surface area contributed by atoms with Gasteiger partial charge in [-0.1, -0.05) is 314 Å². The summed E-state index contributed by atoms with van der Waals surface area (Å²) in [7, 11) is 0. The Kier molecular flexibility index (Phi) is 63.1. The molecule has 0 amide bonds. The van der Waals surface area contributed by atoms with Gasteiger partial charge in [-0.25, -0.2) is 0 Å². The number of rotatable bonds is 63. The summed E-state index contributed by atoms with van der Waals surface area (Å²) in [5, 5.41) is 0. The fourth-order valence-electron chi connectivity index (χ4n) is 10.2. The van der Waals surface area contributed by atoms with Gasteiger partial charge in [-0.15, -0.1) is 0 Å². The predicted molar refractivity (Wildman–Crippen MR) is 330 cm³/mol. The van der Waals surface area contributed by atoms with Crippen molar-refractivity contribution in [1.29, 1.82) is 0 Å². The Morgan fingerprint density at radius 1 is 0.263 bits per heavy atom. The van der Waals surface area contributed by atoms with Gasteiger partial charge in [0.05, 0.1) is 0 Å². The van der Waals surface area contributed by atoms with Crippen molar-refractivity contribution >= 4 is 17.9 Å². The molecule has 0 aromatic rings. The maximum absolute atomic E-state index is 12.9. The third kappa shape index (κ3) is 62.5. The molecule has 0 bridgehead atoms. The van der Waals surface area contributed by atoms with E-state index in [0.29, 0.717) is 19.3 Å². The highest BCUT2D eigenvalue weighted by atomic mass is 16.6. The molecule has 0 saturated carbocycles. The molecule has 0 saturated heterocycles. The monoisotopic (exact) mass is 1070 g/mol. The average Bonchev–Trinajstić information content (AvgIpc) is 3.42. The molecule has 0 fully saturated rings. The number of ether oxygens (including phenoxy) is 3. The summed E-state index contributed by atoms with van der Waals surface area (Å²) in [5.74, 6) is -0.854. The van der Waals surface area contributed by atoms with Crippen molar-refractivity contribution in [2.75, 3.05) is 13.2 Å². The van der Waals surface area contributed by atoms with Crippen molar-refractivity contribution in [2.45, 2.75) is 380 Å². The maximum atomic E-state index is 12.9. The summed E-state index contributed by atoms with van der Waals surface area (Å²) >= 11 is 0. The lowest BCUT2D eigenvalue weighted by Gasteiger charge is -2.18. The van der Waals surface area contributed by atoms with E-state index in [-0.39, 0.29) is 31.1 Å². The molecule has 6 nitrogen and oxygen atoms in total. The van der Waals surface area contributed by atoms with E-state index in [1.54, 1.807) is 0 Å². The molecule has 0 N–H and O–H groups in total. The number of esters is 3. The zero-order valence-corrected chi connectivity index (χ0v) is 51.3. The number of unbranched alkanes of at least 4 members (excludes halogenated alkanes) is 46. The van der Waals surface area contributed by atoms with Crippen LogP contribution in [0.2, 0.25) is 0 Å². The summed E-state index contributed by atoms with van der Waals surface area (Å²) < 4.78 is 17.0.